The van der Waals surface area contributed by atoms with Crippen molar-refractivity contribution in [3.8, 4) is 11.1 Å². The minimum atomic E-state index is -1.33. The third kappa shape index (κ3) is 1.99. The molecule has 17 heavy (non-hydrogen) atoms. The maximum absolute atomic E-state index is 13.5. The van der Waals surface area contributed by atoms with Crippen LogP contribution in [-0.2, 0) is 0 Å². The number of pyridine rings is 1. The van der Waals surface area contributed by atoms with Gasteiger partial charge < -0.3 is 5.11 Å². The van der Waals surface area contributed by atoms with E-state index < -0.39 is 17.6 Å². The Balaban J connectivity index is 2.73. The van der Waals surface area contributed by atoms with Gasteiger partial charge in [0, 0.05) is 11.8 Å². The van der Waals surface area contributed by atoms with E-state index in [4.69, 9.17) is 5.11 Å². The number of hydrogen-bond acceptors (Lipinski definition) is 2. The van der Waals surface area contributed by atoms with Crippen molar-refractivity contribution in [2.24, 2.45) is 0 Å². The lowest BCUT2D eigenvalue weighted by Gasteiger charge is -2.07. The average Bonchev–Trinajstić information content (AvgIpc) is 2.29. The van der Waals surface area contributed by atoms with Crippen LogP contribution >= 0.6 is 0 Å². The monoisotopic (exact) mass is 235 g/mol. The molecule has 2 aromatic rings. The van der Waals surface area contributed by atoms with E-state index in [9.17, 15) is 13.6 Å². The molecule has 0 aliphatic heterocycles. The quantitative estimate of drug-likeness (QED) is 0.870. The fourth-order valence-corrected chi connectivity index (χ4v) is 1.53. The molecule has 0 saturated carbocycles. The number of carbonyl (C=O) groups is 1. The van der Waals surface area contributed by atoms with Gasteiger partial charge >= 0.3 is 5.97 Å². The summed E-state index contributed by atoms with van der Waals surface area (Å²) in [6, 6.07) is 6.09. The van der Waals surface area contributed by atoms with Crippen molar-refractivity contribution in [2.75, 3.05) is 0 Å². The molecule has 1 heterocycles. The Morgan fingerprint density at radius 1 is 1.12 bits per heavy atom. The van der Waals surface area contributed by atoms with Crippen molar-refractivity contribution in [3.05, 3.63) is 53.9 Å². The Morgan fingerprint density at radius 2 is 1.76 bits per heavy atom. The second kappa shape index (κ2) is 4.29. The first kappa shape index (κ1) is 11.2. The van der Waals surface area contributed by atoms with Gasteiger partial charge in [-0.1, -0.05) is 12.1 Å². The first-order valence-electron chi connectivity index (χ1n) is 4.74. The molecule has 1 N–H and O–H groups in total. The Kier molecular flexibility index (Phi) is 2.82. The Morgan fingerprint density at radius 3 is 2.35 bits per heavy atom. The highest BCUT2D eigenvalue weighted by atomic mass is 19.1. The molecule has 0 saturated heterocycles. The summed E-state index contributed by atoms with van der Waals surface area (Å²) in [5.74, 6) is -2.97. The molecule has 0 aliphatic rings. The fourth-order valence-electron chi connectivity index (χ4n) is 1.53. The molecule has 0 fully saturated rings. The largest absolute Gasteiger partial charge is 0.476 e. The van der Waals surface area contributed by atoms with Crippen LogP contribution in [0.1, 0.15) is 10.5 Å². The van der Waals surface area contributed by atoms with Crippen LogP contribution in [0.2, 0.25) is 0 Å². The van der Waals surface area contributed by atoms with E-state index in [-0.39, 0.29) is 16.8 Å². The summed E-state index contributed by atoms with van der Waals surface area (Å²) in [7, 11) is 0. The Labute approximate surface area is 95.4 Å². The topological polar surface area (TPSA) is 50.2 Å². The second-order valence-corrected chi connectivity index (χ2v) is 3.30. The van der Waals surface area contributed by atoms with Gasteiger partial charge in [-0.3, -0.25) is 0 Å². The van der Waals surface area contributed by atoms with Gasteiger partial charge in [0.05, 0.1) is 5.56 Å². The number of aromatic nitrogens is 1. The van der Waals surface area contributed by atoms with Crippen molar-refractivity contribution < 1.29 is 18.7 Å². The highest BCUT2D eigenvalue weighted by Gasteiger charge is 2.18. The molecular formula is C12H7F2NO2. The number of rotatable bonds is 2. The van der Waals surface area contributed by atoms with E-state index in [0.29, 0.717) is 0 Å². The van der Waals surface area contributed by atoms with Gasteiger partial charge in [-0.25, -0.2) is 18.6 Å². The number of halogens is 2. The van der Waals surface area contributed by atoms with Gasteiger partial charge in [0.1, 0.15) is 11.6 Å². The molecule has 0 spiro atoms. The van der Waals surface area contributed by atoms with Crippen LogP contribution in [0.3, 0.4) is 0 Å². The maximum Gasteiger partial charge on any atom is 0.355 e. The van der Waals surface area contributed by atoms with Gasteiger partial charge in [0.2, 0.25) is 0 Å². The smallest absolute Gasteiger partial charge is 0.355 e. The van der Waals surface area contributed by atoms with E-state index in [1.54, 1.807) is 0 Å². The molecule has 1 aromatic carbocycles. The molecule has 2 rings (SSSR count). The molecule has 3 nitrogen and oxygen atoms in total. The number of aromatic carboxylic acids is 1. The standard InChI is InChI=1S/C12H7F2NO2/c13-8-4-1-5-9(14)10(8)7-3-2-6-15-11(7)12(16)17/h1-6H,(H,16,17). The Hall–Kier alpha value is -2.30. The second-order valence-electron chi connectivity index (χ2n) is 3.30. The predicted molar refractivity (Wildman–Crippen MR) is 56.5 cm³/mol. The first-order chi connectivity index (χ1) is 8.11. The maximum atomic E-state index is 13.5. The van der Waals surface area contributed by atoms with Crippen LogP contribution < -0.4 is 0 Å². The molecule has 0 amide bonds. The van der Waals surface area contributed by atoms with E-state index in [1.165, 1.54) is 24.4 Å². The molecule has 1 aromatic heterocycles. The van der Waals surface area contributed by atoms with E-state index >= 15 is 0 Å². The molecule has 0 atom stereocenters. The zero-order valence-corrected chi connectivity index (χ0v) is 8.52. The van der Waals surface area contributed by atoms with Crippen LogP contribution in [0.15, 0.2) is 36.5 Å². The lowest BCUT2D eigenvalue weighted by molar-refractivity contribution is 0.0691. The van der Waals surface area contributed by atoms with Crippen LogP contribution in [0.5, 0.6) is 0 Å². The molecule has 0 bridgehead atoms. The van der Waals surface area contributed by atoms with Crippen molar-refractivity contribution in [1.82, 2.24) is 4.98 Å². The highest BCUT2D eigenvalue weighted by Crippen LogP contribution is 2.27. The molecule has 86 valence electrons. The lowest BCUT2D eigenvalue weighted by Crippen LogP contribution is -2.04. The van der Waals surface area contributed by atoms with E-state index in [0.717, 1.165) is 12.1 Å². The third-order valence-electron chi connectivity index (χ3n) is 2.24. The normalized spacial score (nSPS) is 10.2. The van der Waals surface area contributed by atoms with Crippen molar-refractivity contribution >= 4 is 5.97 Å². The summed E-state index contributed by atoms with van der Waals surface area (Å²) in [5, 5.41) is 8.90. The SMILES string of the molecule is O=C(O)c1ncccc1-c1c(F)cccc1F. The molecule has 0 unspecified atom stereocenters. The summed E-state index contributed by atoms with van der Waals surface area (Å²) < 4.78 is 27.0. The number of benzene rings is 1. The van der Waals surface area contributed by atoms with Crippen LogP contribution in [0.4, 0.5) is 8.78 Å². The van der Waals surface area contributed by atoms with Crippen molar-refractivity contribution in [1.29, 1.82) is 0 Å². The molecule has 0 radical (unpaired) electrons. The predicted octanol–water partition coefficient (Wildman–Crippen LogP) is 2.73. The van der Waals surface area contributed by atoms with E-state index in [2.05, 4.69) is 4.98 Å². The van der Waals surface area contributed by atoms with Crippen LogP contribution in [0, 0.1) is 11.6 Å². The van der Waals surface area contributed by atoms with Crippen molar-refractivity contribution in [2.45, 2.75) is 0 Å². The summed E-state index contributed by atoms with van der Waals surface area (Å²) in [5.41, 5.74) is -0.829. The number of carboxylic acid groups (broad SMARTS) is 1. The zero-order chi connectivity index (χ0) is 12.4. The van der Waals surface area contributed by atoms with Gasteiger partial charge in [0.25, 0.3) is 0 Å². The summed E-state index contributed by atoms with van der Waals surface area (Å²) in [4.78, 5) is 14.5. The summed E-state index contributed by atoms with van der Waals surface area (Å²) >= 11 is 0. The van der Waals surface area contributed by atoms with Gasteiger partial charge in [-0.05, 0) is 18.2 Å². The summed E-state index contributed by atoms with van der Waals surface area (Å²) in [6.45, 7) is 0. The zero-order valence-electron chi connectivity index (χ0n) is 8.52. The van der Waals surface area contributed by atoms with Crippen molar-refractivity contribution in [3.63, 3.8) is 0 Å². The average molecular weight is 235 g/mol. The third-order valence-corrected chi connectivity index (χ3v) is 2.24. The van der Waals surface area contributed by atoms with Gasteiger partial charge in [-0.15, -0.1) is 0 Å². The number of carboxylic acids is 1. The van der Waals surface area contributed by atoms with Gasteiger partial charge in [-0.2, -0.15) is 0 Å². The fraction of sp³-hybridized carbons (Fsp3) is 0. The summed E-state index contributed by atoms with van der Waals surface area (Å²) in [6.07, 6.45) is 1.26. The van der Waals surface area contributed by atoms with Crippen LogP contribution in [0.25, 0.3) is 11.1 Å². The Bertz CT molecular complexity index is 564. The highest BCUT2D eigenvalue weighted by molar-refractivity contribution is 5.93. The minimum Gasteiger partial charge on any atom is -0.476 e. The number of hydrogen-bond donors (Lipinski definition) is 1. The number of nitrogens with zero attached hydrogens (tertiary/aromatic N) is 1. The van der Waals surface area contributed by atoms with Gasteiger partial charge in [0.15, 0.2) is 5.69 Å². The minimum absolute atomic E-state index is 0.0735. The lowest BCUT2D eigenvalue weighted by atomic mass is 10.0. The molecule has 0 aliphatic carbocycles. The van der Waals surface area contributed by atoms with Crippen LogP contribution in [-0.4, -0.2) is 16.1 Å². The first-order valence-corrected chi connectivity index (χ1v) is 4.74. The molecular weight excluding hydrogens is 228 g/mol. The van der Waals surface area contributed by atoms with E-state index in [1.807, 2.05) is 0 Å². The molecule has 5 heteroatoms.